The highest BCUT2D eigenvalue weighted by atomic mass is 35.5. The van der Waals surface area contributed by atoms with E-state index in [4.69, 9.17) is 11.6 Å². The predicted octanol–water partition coefficient (Wildman–Crippen LogP) is 3.55. The fraction of sp³-hybridized carbons (Fsp3) is 0.650. The number of carbonyl (C=O) groups is 1. The number of anilines is 1. The molecule has 2 fully saturated rings. The Morgan fingerprint density at radius 2 is 1.92 bits per heavy atom. The van der Waals surface area contributed by atoms with E-state index >= 15 is 0 Å². The van der Waals surface area contributed by atoms with E-state index in [2.05, 4.69) is 35.0 Å². The number of nitrogens with zero attached hydrogens (tertiary/aromatic N) is 2. The number of hydrogen-bond donors (Lipinski definition) is 1. The Balaban J connectivity index is 1.45. The lowest BCUT2D eigenvalue weighted by atomic mass is 9.79. The van der Waals surface area contributed by atoms with E-state index < -0.39 is 0 Å². The van der Waals surface area contributed by atoms with Gasteiger partial charge in [-0.25, -0.2) is 0 Å². The Morgan fingerprint density at radius 1 is 1.20 bits per heavy atom. The van der Waals surface area contributed by atoms with Crippen molar-refractivity contribution in [2.45, 2.75) is 45.6 Å². The molecule has 0 spiro atoms. The average Bonchev–Trinajstić information content (AvgIpc) is 2.96. The van der Waals surface area contributed by atoms with Crippen LogP contribution in [0.5, 0.6) is 0 Å². The third-order valence-electron chi connectivity index (χ3n) is 6.15. The molecule has 0 saturated carbocycles. The summed E-state index contributed by atoms with van der Waals surface area (Å²) in [6.45, 7) is 9.55. The summed E-state index contributed by atoms with van der Waals surface area (Å²) in [5.74, 6) is 0.272. The molecule has 138 valence electrons. The monoisotopic (exact) mass is 363 g/mol. The van der Waals surface area contributed by atoms with Crippen molar-refractivity contribution in [1.29, 1.82) is 0 Å². The third-order valence-corrected chi connectivity index (χ3v) is 6.38. The molecular weight excluding hydrogens is 334 g/mol. The van der Waals surface area contributed by atoms with Crippen LogP contribution in [0.15, 0.2) is 24.3 Å². The molecule has 2 heterocycles. The molecule has 1 aromatic carbocycles. The van der Waals surface area contributed by atoms with E-state index in [1.807, 2.05) is 18.2 Å². The Bertz CT molecular complexity index is 594. The molecule has 2 aliphatic rings. The summed E-state index contributed by atoms with van der Waals surface area (Å²) in [6.07, 6.45) is 3.96. The summed E-state index contributed by atoms with van der Waals surface area (Å²) in [5.41, 5.74) is 1.10. The SMILES string of the molecule is CCC1(CC)C[C@H](CCN2CCN(c3cccc(Cl)c3)CC2)NC1=O. The lowest BCUT2D eigenvalue weighted by molar-refractivity contribution is -0.128. The van der Waals surface area contributed by atoms with E-state index in [-0.39, 0.29) is 11.3 Å². The molecule has 1 N–H and O–H groups in total. The quantitative estimate of drug-likeness (QED) is 0.839. The van der Waals surface area contributed by atoms with Gasteiger partial charge in [0.2, 0.25) is 5.91 Å². The second kappa shape index (κ2) is 7.96. The maximum atomic E-state index is 12.3. The van der Waals surface area contributed by atoms with Gasteiger partial charge in [0.25, 0.3) is 0 Å². The summed E-state index contributed by atoms with van der Waals surface area (Å²) in [6, 6.07) is 8.45. The first-order valence-electron chi connectivity index (χ1n) is 9.60. The summed E-state index contributed by atoms with van der Waals surface area (Å²) in [7, 11) is 0. The fourth-order valence-corrected chi connectivity index (χ4v) is 4.41. The van der Waals surface area contributed by atoms with Crippen LogP contribution in [-0.2, 0) is 4.79 Å². The van der Waals surface area contributed by atoms with Gasteiger partial charge < -0.3 is 10.2 Å². The zero-order valence-electron chi connectivity index (χ0n) is 15.4. The standard InChI is InChI=1S/C20H30ClN3O/c1-3-20(4-2)15-17(22-19(20)25)8-9-23-10-12-24(13-11-23)18-7-5-6-16(21)14-18/h5-7,14,17H,3-4,8-13,15H2,1-2H3,(H,22,25)/t17-/m0/s1. The number of carbonyl (C=O) groups excluding carboxylic acids is 1. The number of piperazine rings is 1. The second-order valence-corrected chi connectivity index (χ2v) is 7.90. The number of hydrogen-bond acceptors (Lipinski definition) is 3. The molecule has 5 heteroatoms. The van der Waals surface area contributed by atoms with Crippen molar-refractivity contribution in [3.8, 4) is 0 Å². The first-order chi connectivity index (χ1) is 12.1. The smallest absolute Gasteiger partial charge is 0.226 e. The van der Waals surface area contributed by atoms with Crippen LogP contribution in [0, 0.1) is 5.41 Å². The topological polar surface area (TPSA) is 35.6 Å². The van der Waals surface area contributed by atoms with Gasteiger partial charge in [0, 0.05) is 49.5 Å². The molecule has 0 unspecified atom stereocenters. The van der Waals surface area contributed by atoms with Crippen LogP contribution in [0.4, 0.5) is 5.69 Å². The predicted molar refractivity (Wildman–Crippen MR) is 104 cm³/mol. The minimum atomic E-state index is -0.115. The highest BCUT2D eigenvalue weighted by Crippen LogP contribution is 2.37. The Labute approximate surface area is 156 Å². The van der Waals surface area contributed by atoms with Gasteiger partial charge in [-0.05, 0) is 43.9 Å². The number of rotatable bonds is 6. The van der Waals surface area contributed by atoms with Crippen molar-refractivity contribution in [2.75, 3.05) is 37.6 Å². The van der Waals surface area contributed by atoms with Crippen molar-refractivity contribution in [3.05, 3.63) is 29.3 Å². The molecule has 2 saturated heterocycles. The molecule has 1 aromatic rings. The van der Waals surface area contributed by atoms with Crippen molar-refractivity contribution in [2.24, 2.45) is 5.41 Å². The van der Waals surface area contributed by atoms with Crippen molar-refractivity contribution < 1.29 is 4.79 Å². The summed E-state index contributed by atoms with van der Waals surface area (Å²) in [4.78, 5) is 17.2. The van der Waals surface area contributed by atoms with Crippen molar-refractivity contribution in [1.82, 2.24) is 10.2 Å². The van der Waals surface area contributed by atoms with Gasteiger partial charge >= 0.3 is 0 Å². The first kappa shape index (κ1) is 18.5. The van der Waals surface area contributed by atoms with Crippen LogP contribution in [0.25, 0.3) is 0 Å². The van der Waals surface area contributed by atoms with Crippen LogP contribution >= 0.6 is 11.6 Å². The number of halogens is 1. The van der Waals surface area contributed by atoms with Crippen LogP contribution in [0.1, 0.15) is 39.5 Å². The minimum Gasteiger partial charge on any atom is -0.369 e. The second-order valence-electron chi connectivity index (χ2n) is 7.46. The molecule has 3 rings (SSSR count). The average molecular weight is 364 g/mol. The van der Waals surface area contributed by atoms with Crippen LogP contribution in [0.2, 0.25) is 5.02 Å². The highest BCUT2D eigenvalue weighted by Gasteiger charge is 2.43. The maximum absolute atomic E-state index is 12.3. The molecule has 25 heavy (non-hydrogen) atoms. The van der Waals surface area contributed by atoms with E-state index in [9.17, 15) is 4.79 Å². The molecular formula is C20H30ClN3O. The third kappa shape index (κ3) is 4.12. The van der Waals surface area contributed by atoms with Gasteiger partial charge in [0.15, 0.2) is 0 Å². The van der Waals surface area contributed by atoms with E-state index in [1.54, 1.807) is 0 Å². The lowest BCUT2D eigenvalue weighted by Gasteiger charge is -2.36. The molecule has 1 atom stereocenters. The molecule has 1 amide bonds. The van der Waals surface area contributed by atoms with Crippen LogP contribution in [-0.4, -0.2) is 49.6 Å². The Kier molecular flexibility index (Phi) is 5.90. The van der Waals surface area contributed by atoms with Gasteiger partial charge in [-0.3, -0.25) is 9.69 Å². The van der Waals surface area contributed by atoms with Gasteiger partial charge in [0.05, 0.1) is 5.41 Å². The number of nitrogens with one attached hydrogen (secondary N) is 1. The van der Waals surface area contributed by atoms with Gasteiger partial charge in [-0.15, -0.1) is 0 Å². The van der Waals surface area contributed by atoms with Crippen LogP contribution < -0.4 is 10.2 Å². The zero-order chi connectivity index (χ0) is 17.9. The van der Waals surface area contributed by atoms with E-state index in [0.717, 1.165) is 63.4 Å². The summed E-state index contributed by atoms with van der Waals surface area (Å²) in [5, 5.41) is 4.03. The molecule has 0 aliphatic carbocycles. The van der Waals surface area contributed by atoms with E-state index in [1.165, 1.54) is 5.69 Å². The fourth-order valence-electron chi connectivity index (χ4n) is 4.23. The van der Waals surface area contributed by atoms with Gasteiger partial charge in [0.1, 0.15) is 0 Å². The Hall–Kier alpha value is -1.26. The largest absolute Gasteiger partial charge is 0.369 e. The van der Waals surface area contributed by atoms with Crippen molar-refractivity contribution in [3.63, 3.8) is 0 Å². The molecule has 2 aliphatic heterocycles. The van der Waals surface area contributed by atoms with E-state index in [0.29, 0.717) is 6.04 Å². The normalized spacial score (nSPS) is 23.7. The number of amides is 1. The Morgan fingerprint density at radius 3 is 2.52 bits per heavy atom. The number of benzene rings is 1. The summed E-state index contributed by atoms with van der Waals surface area (Å²) < 4.78 is 0. The molecule has 0 bridgehead atoms. The van der Waals surface area contributed by atoms with Crippen molar-refractivity contribution >= 4 is 23.2 Å². The van der Waals surface area contributed by atoms with Crippen LogP contribution in [0.3, 0.4) is 0 Å². The zero-order valence-corrected chi connectivity index (χ0v) is 16.2. The highest BCUT2D eigenvalue weighted by molar-refractivity contribution is 6.30. The lowest BCUT2D eigenvalue weighted by Crippen LogP contribution is -2.47. The first-order valence-corrected chi connectivity index (χ1v) is 9.98. The molecule has 0 radical (unpaired) electrons. The van der Waals surface area contributed by atoms with Gasteiger partial charge in [-0.1, -0.05) is 31.5 Å². The molecule has 0 aromatic heterocycles. The van der Waals surface area contributed by atoms with Gasteiger partial charge in [-0.2, -0.15) is 0 Å². The maximum Gasteiger partial charge on any atom is 0.226 e. The summed E-state index contributed by atoms with van der Waals surface area (Å²) >= 11 is 6.10. The molecule has 4 nitrogen and oxygen atoms in total. The minimum absolute atomic E-state index is 0.115.